The third-order valence-corrected chi connectivity index (χ3v) is 7.36. The van der Waals surface area contributed by atoms with Crippen LogP contribution in [0.3, 0.4) is 0 Å². The molecule has 0 unspecified atom stereocenters. The van der Waals surface area contributed by atoms with Gasteiger partial charge in [-0.05, 0) is 104 Å². The van der Waals surface area contributed by atoms with Crippen molar-refractivity contribution in [1.29, 1.82) is 0 Å². The molecule has 29 heavy (non-hydrogen) atoms. The van der Waals surface area contributed by atoms with E-state index in [-0.39, 0.29) is 5.41 Å². The topological polar surface area (TPSA) is 25.8 Å². The van der Waals surface area contributed by atoms with E-state index in [9.17, 15) is 0 Å². The first-order chi connectivity index (χ1) is 13.4. The Morgan fingerprint density at radius 2 is 1.10 bits per heavy atom. The Morgan fingerprint density at radius 1 is 0.552 bits per heavy atom. The predicted molar refractivity (Wildman–Crippen MR) is 123 cm³/mol. The molecule has 0 amide bonds. The van der Waals surface area contributed by atoms with Crippen LogP contribution in [0.1, 0.15) is 88.1 Å². The summed E-state index contributed by atoms with van der Waals surface area (Å²) in [5, 5.41) is 2.94. The highest BCUT2D eigenvalue weighted by Crippen LogP contribution is 2.42. The molecule has 0 saturated heterocycles. The van der Waals surface area contributed by atoms with Gasteiger partial charge in [0.25, 0.3) is 0 Å². The second-order valence-corrected chi connectivity index (χ2v) is 10.1. The Bertz CT molecular complexity index is 1190. The smallest absolute Gasteiger partial charge is 0.125 e. The van der Waals surface area contributed by atoms with E-state index >= 15 is 0 Å². The van der Waals surface area contributed by atoms with Crippen molar-refractivity contribution in [2.24, 2.45) is 0 Å². The lowest BCUT2D eigenvalue weighted by Crippen LogP contribution is -2.24. The van der Waals surface area contributed by atoms with Gasteiger partial charge >= 0.3 is 0 Å². The van der Waals surface area contributed by atoms with Crippen molar-refractivity contribution >= 4 is 10.8 Å². The van der Waals surface area contributed by atoms with Gasteiger partial charge in [0.1, 0.15) is 5.82 Å². The van der Waals surface area contributed by atoms with E-state index in [0.29, 0.717) is 0 Å². The van der Waals surface area contributed by atoms with Crippen LogP contribution in [0.25, 0.3) is 10.8 Å². The molecule has 2 heteroatoms. The van der Waals surface area contributed by atoms with Crippen LogP contribution in [-0.2, 0) is 18.3 Å². The number of aryl methyl sites for hydroxylation is 4. The number of benzene rings is 2. The van der Waals surface area contributed by atoms with Crippen molar-refractivity contribution in [2.75, 3.05) is 0 Å². The number of nitrogens with zero attached hydrogens (tertiary/aromatic N) is 2. The molecule has 2 nitrogen and oxygen atoms in total. The molecule has 152 valence electrons. The van der Waals surface area contributed by atoms with Gasteiger partial charge < -0.3 is 0 Å². The fraction of sp³-hybridized carbons (Fsp3) is 0.481. The van der Waals surface area contributed by atoms with E-state index < -0.39 is 0 Å². The monoisotopic (exact) mass is 386 g/mol. The standard InChI is InChI=1S/C27H34N2/c1-13-14(2)17(5)25-21-12-23-22(26(27(8,9)10)29-19(7)28-23)11-20(21)15(3)18(6)24(25)16(13)4/h11-12H2,1-10H3. The van der Waals surface area contributed by atoms with Crippen molar-refractivity contribution < 1.29 is 0 Å². The zero-order chi connectivity index (χ0) is 21.4. The van der Waals surface area contributed by atoms with Gasteiger partial charge in [0.2, 0.25) is 0 Å². The summed E-state index contributed by atoms with van der Waals surface area (Å²) in [7, 11) is 0. The predicted octanol–water partition coefficient (Wildman–Crippen LogP) is 6.58. The maximum absolute atomic E-state index is 4.93. The van der Waals surface area contributed by atoms with Crippen LogP contribution in [0.15, 0.2) is 0 Å². The van der Waals surface area contributed by atoms with Crippen molar-refractivity contribution in [3.05, 3.63) is 67.3 Å². The summed E-state index contributed by atoms with van der Waals surface area (Å²) >= 11 is 0. The van der Waals surface area contributed by atoms with Crippen LogP contribution in [0.5, 0.6) is 0 Å². The Hall–Kier alpha value is -2.22. The van der Waals surface area contributed by atoms with Crippen molar-refractivity contribution in [2.45, 2.75) is 87.5 Å². The highest BCUT2D eigenvalue weighted by molar-refractivity contribution is 5.98. The number of aromatic nitrogens is 2. The molecule has 0 N–H and O–H groups in total. The SMILES string of the molecule is Cc1nc2c(c(C(C)(C)C)n1)Cc1c(C)c(C)c3c(C)c(C)c(C)c(C)c3c1C2. The molecular weight excluding hydrogens is 352 g/mol. The first-order valence-electron chi connectivity index (χ1n) is 10.8. The minimum atomic E-state index is 0.0231. The molecule has 0 spiro atoms. The second-order valence-electron chi connectivity index (χ2n) is 10.1. The van der Waals surface area contributed by atoms with Crippen molar-refractivity contribution in [3.8, 4) is 0 Å². The largest absolute Gasteiger partial charge is 0.238 e. The summed E-state index contributed by atoms with van der Waals surface area (Å²) < 4.78 is 0. The fourth-order valence-electron chi connectivity index (χ4n) is 5.33. The summed E-state index contributed by atoms with van der Waals surface area (Å²) in [6, 6.07) is 0. The third-order valence-electron chi connectivity index (χ3n) is 7.36. The maximum Gasteiger partial charge on any atom is 0.125 e. The number of hydrogen-bond donors (Lipinski definition) is 0. The first-order valence-corrected chi connectivity index (χ1v) is 10.8. The number of hydrogen-bond acceptors (Lipinski definition) is 2. The van der Waals surface area contributed by atoms with Crippen LogP contribution in [0.4, 0.5) is 0 Å². The minimum Gasteiger partial charge on any atom is -0.238 e. The van der Waals surface area contributed by atoms with E-state index in [1.165, 1.54) is 72.2 Å². The van der Waals surface area contributed by atoms with Gasteiger partial charge in [-0.25, -0.2) is 9.97 Å². The molecule has 1 aliphatic carbocycles. The van der Waals surface area contributed by atoms with E-state index in [1.54, 1.807) is 0 Å². The minimum absolute atomic E-state index is 0.0231. The van der Waals surface area contributed by atoms with Gasteiger partial charge in [-0.2, -0.15) is 0 Å². The van der Waals surface area contributed by atoms with Gasteiger partial charge in [-0.15, -0.1) is 0 Å². The number of rotatable bonds is 0. The summed E-state index contributed by atoms with van der Waals surface area (Å²) in [5.41, 5.74) is 15.5. The van der Waals surface area contributed by atoms with E-state index in [2.05, 4.69) is 62.3 Å². The maximum atomic E-state index is 4.93. The fourth-order valence-corrected chi connectivity index (χ4v) is 5.33. The normalized spacial score (nSPS) is 13.6. The zero-order valence-corrected chi connectivity index (χ0v) is 19.8. The molecule has 0 fully saturated rings. The quantitative estimate of drug-likeness (QED) is 0.341. The van der Waals surface area contributed by atoms with Crippen molar-refractivity contribution in [3.63, 3.8) is 0 Å². The molecule has 2 aromatic carbocycles. The molecule has 1 heterocycles. The van der Waals surface area contributed by atoms with Crippen LogP contribution in [0.2, 0.25) is 0 Å². The Balaban J connectivity index is 2.11. The average molecular weight is 387 g/mol. The molecule has 3 aromatic rings. The molecular formula is C27H34N2. The van der Waals surface area contributed by atoms with Gasteiger partial charge in [0.15, 0.2) is 0 Å². The summed E-state index contributed by atoms with van der Waals surface area (Å²) in [4.78, 5) is 9.82. The summed E-state index contributed by atoms with van der Waals surface area (Å²) in [5.74, 6) is 0.894. The lowest BCUT2D eigenvalue weighted by atomic mass is 9.75. The van der Waals surface area contributed by atoms with Gasteiger partial charge in [-0.3, -0.25) is 0 Å². The van der Waals surface area contributed by atoms with Crippen LogP contribution < -0.4 is 0 Å². The van der Waals surface area contributed by atoms with Crippen LogP contribution in [-0.4, -0.2) is 9.97 Å². The second kappa shape index (κ2) is 6.39. The zero-order valence-electron chi connectivity index (χ0n) is 19.8. The van der Waals surface area contributed by atoms with Gasteiger partial charge in [0, 0.05) is 23.8 Å². The molecule has 0 bridgehead atoms. The molecule has 0 saturated carbocycles. The first kappa shape index (κ1) is 20.1. The average Bonchev–Trinajstić information content (AvgIpc) is 2.64. The molecule has 1 aliphatic rings. The van der Waals surface area contributed by atoms with E-state index in [4.69, 9.17) is 9.97 Å². The highest BCUT2D eigenvalue weighted by atomic mass is 14.9. The molecule has 4 rings (SSSR count). The summed E-state index contributed by atoms with van der Waals surface area (Å²) in [6.07, 6.45) is 1.86. The molecule has 0 radical (unpaired) electrons. The highest BCUT2D eigenvalue weighted by Gasteiger charge is 2.30. The third kappa shape index (κ3) is 2.83. The van der Waals surface area contributed by atoms with Crippen LogP contribution in [0, 0.1) is 48.5 Å². The van der Waals surface area contributed by atoms with E-state index in [1.807, 2.05) is 6.92 Å². The Kier molecular flexibility index (Phi) is 4.42. The van der Waals surface area contributed by atoms with E-state index in [0.717, 1.165) is 18.7 Å². The molecule has 1 aromatic heterocycles. The molecule has 0 aliphatic heterocycles. The van der Waals surface area contributed by atoms with Crippen LogP contribution >= 0.6 is 0 Å². The number of fused-ring (bicyclic) bond motifs is 4. The van der Waals surface area contributed by atoms with Gasteiger partial charge in [-0.1, -0.05) is 20.8 Å². The van der Waals surface area contributed by atoms with Crippen molar-refractivity contribution in [1.82, 2.24) is 9.97 Å². The summed E-state index contributed by atoms with van der Waals surface area (Å²) in [6.45, 7) is 22.6. The Labute approximate surface area is 175 Å². The lowest BCUT2D eigenvalue weighted by Gasteiger charge is -2.31. The Morgan fingerprint density at radius 3 is 1.69 bits per heavy atom. The van der Waals surface area contributed by atoms with Gasteiger partial charge in [0.05, 0.1) is 11.4 Å². The lowest BCUT2D eigenvalue weighted by molar-refractivity contribution is 0.552. The molecule has 0 atom stereocenters.